The number of aromatic carboxylic acids is 1. The quantitative estimate of drug-likeness (QED) is 0.800. The molecular formula is C17H13N2O6S-. The molecule has 8 nitrogen and oxygen atoms in total. The van der Waals surface area contributed by atoms with Crippen LogP contribution in [0.1, 0.15) is 27.1 Å². The van der Waals surface area contributed by atoms with Crippen molar-refractivity contribution in [2.45, 2.75) is 11.3 Å². The fraction of sp³-hybridized carbons (Fsp3) is 0.118. The summed E-state index contributed by atoms with van der Waals surface area (Å²) in [5.74, 6) is -2.61. The van der Waals surface area contributed by atoms with Crippen molar-refractivity contribution in [1.82, 2.24) is 4.31 Å². The van der Waals surface area contributed by atoms with Crippen molar-refractivity contribution in [3.05, 3.63) is 59.7 Å². The van der Waals surface area contributed by atoms with Crippen LogP contribution in [-0.4, -0.2) is 37.1 Å². The molecule has 0 saturated heterocycles. The number of nitrogens with one attached hydrogen (secondary N) is 1. The van der Waals surface area contributed by atoms with Gasteiger partial charge >= 0.3 is 0 Å². The lowest BCUT2D eigenvalue weighted by molar-refractivity contribution is -0.255. The third kappa shape index (κ3) is 3.16. The summed E-state index contributed by atoms with van der Waals surface area (Å²) in [5.41, 5.74) is 0.209. The smallest absolute Gasteiger partial charge is 0.269 e. The molecule has 9 heteroatoms. The second-order valence-corrected chi connectivity index (χ2v) is 7.38. The highest BCUT2D eigenvalue weighted by atomic mass is 32.2. The molecule has 1 heterocycles. The van der Waals surface area contributed by atoms with Crippen LogP contribution in [0.5, 0.6) is 0 Å². The number of hydrogen-bond acceptors (Lipinski definition) is 6. The minimum atomic E-state index is -3.96. The third-order valence-electron chi connectivity index (χ3n) is 3.84. The number of rotatable bonds is 5. The molecule has 3 rings (SSSR count). The first-order chi connectivity index (χ1) is 12.3. The molecule has 0 saturated carbocycles. The van der Waals surface area contributed by atoms with Crippen LogP contribution in [0.15, 0.2) is 53.4 Å². The Bertz CT molecular complexity index is 1020. The molecule has 2 aromatic rings. The van der Waals surface area contributed by atoms with Crippen LogP contribution in [0.2, 0.25) is 0 Å². The van der Waals surface area contributed by atoms with Crippen molar-refractivity contribution >= 4 is 33.5 Å². The molecule has 0 aliphatic carbocycles. The maximum Gasteiger partial charge on any atom is 0.269 e. The van der Waals surface area contributed by atoms with Gasteiger partial charge < -0.3 is 15.2 Å². The highest BCUT2D eigenvalue weighted by Crippen LogP contribution is 2.29. The van der Waals surface area contributed by atoms with Gasteiger partial charge in [0.1, 0.15) is 4.90 Å². The minimum Gasteiger partial charge on any atom is -0.545 e. The van der Waals surface area contributed by atoms with Gasteiger partial charge in [0.2, 0.25) is 5.91 Å². The van der Waals surface area contributed by atoms with Crippen molar-refractivity contribution in [3.8, 4) is 0 Å². The van der Waals surface area contributed by atoms with Gasteiger partial charge in [-0.2, -0.15) is 0 Å². The first-order valence-electron chi connectivity index (χ1n) is 7.58. The third-order valence-corrected chi connectivity index (χ3v) is 5.68. The summed E-state index contributed by atoms with van der Waals surface area (Å²) in [5, 5.41) is 13.3. The maximum absolute atomic E-state index is 12.4. The van der Waals surface area contributed by atoms with Crippen molar-refractivity contribution in [3.63, 3.8) is 0 Å². The Balaban J connectivity index is 1.68. The summed E-state index contributed by atoms with van der Waals surface area (Å²) in [6, 6.07) is 11.3. The number of carbonyl (C=O) groups is 3. The van der Waals surface area contributed by atoms with Crippen LogP contribution in [-0.2, 0) is 14.8 Å². The van der Waals surface area contributed by atoms with E-state index < -0.39 is 27.8 Å². The van der Waals surface area contributed by atoms with Gasteiger partial charge in [0.25, 0.3) is 15.9 Å². The largest absolute Gasteiger partial charge is 0.545 e. The summed E-state index contributed by atoms with van der Waals surface area (Å²) in [7, 11) is -3.96. The number of sulfonamides is 1. The first kappa shape index (κ1) is 17.6. The van der Waals surface area contributed by atoms with E-state index >= 15 is 0 Å². The number of carboxylic acid groups (broad SMARTS) is 1. The Labute approximate surface area is 149 Å². The lowest BCUT2D eigenvalue weighted by Crippen LogP contribution is -2.33. The minimum absolute atomic E-state index is 0.0768. The molecule has 0 bridgehead atoms. The molecule has 134 valence electrons. The zero-order valence-corrected chi connectivity index (χ0v) is 14.2. The van der Waals surface area contributed by atoms with Crippen molar-refractivity contribution in [2.75, 3.05) is 11.9 Å². The van der Waals surface area contributed by atoms with Gasteiger partial charge in [-0.15, -0.1) is 0 Å². The molecule has 1 N–H and O–H groups in total. The van der Waals surface area contributed by atoms with Crippen LogP contribution in [0, 0.1) is 0 Å². The molecule has 2 amide bonds. The number of anilines is 1. The Morgan fingerprint density at radius 3 is 2.50 bits per heavy atom. The van der Waals surface area contributed by atoms with Crippen LogP contribution >= 0.6 is 0 Å². The molecule has 0 aromatic heterocycles. The zero-order valence-electron chi connectivity index (χ0n) is 13.3. The number of carboxylic acids is 1. The summed E-state index contributed by atoms with van der Waals surface area (Å²) in [6.07, 6.45) is -0.269. The SMILES string of the molecule is O=C(CCN1C(=O)c2ccccc2S1(=O)=O)Nc1cccc(C(=O)[O-])c1. The van der Waals surface area contributed by atoms with Gasteiger partial charge in [0.15, 0.2) is 0 Å². The van der Waals surface area contributed by atoms with Gasteiger partial charge in [-0.1, -0.05) is 24.3 Å². The van der Waals surface area contributed by atoms with Crippen LogP contribution < -0.4 is 10.4 Å². The fourth-order valence-corrected chi connectivity index (χ4v) is 4.17. The number of nitrogens with zero attached hydrogens (tertiary/aromatic N) is 1. The molecule has 1 aliphatic heterocycles. The topological polar surface area (TPSA) is 124 Å². The van der Waals surface area contributed by atoms with Gasteiger partial charge in [-0.25, -0.2) is 12.7 Å². The van der Waals surface area contributed by atoms with Crippen molar-refractivity contribution in [1.29, 1.82) is 0 Å². The standard InChI is InChI=1S/C17H14N2O6S/c20-15(18-12-5-3-4-11(10-12)17(22)23)8-9-19-16(21)13-6-1-2-7-14(13)26(19,24)25/h1-7,10H,8-9H2,(H,18,20)(H,22,23)/p-1. The number of hydrogen-bond donors (Lipinski definition) is 1. The van der Waals surface area contributed by atoms with E-state index in [1.165, 1.54) is 42.5 Å². The first-order valence-corrected chi connectivity index (χ1v) is 9.02. The number of carbonyl (C=O) groups excluding carboxylic acids is 3. The predicted molar refractivity (Wildman–Crippen MR) is 88.7 cm³/mol. The van der Waals surface area contributed by atoms with Crippen LogP contribution in [0.25, 0.3) is 0 Å². The summed E-state index contributed by atoms with van der Waals surface area (Å²) < 4.78 is 25.4. The molecule has 2 aromatic carbocycles. The van der Waals surface area contributed by atoms with Crippen LogP contribution in [0.3, 0.4) is 0 Å². The number of fused-ring (bicyclic) bond motifs is 1. The second kappa shape index (κ2) is 6.60. The molecule has 0 atom stereocenters. The average molecular weight is 373 g/mol. The second-order valence-electron chi connectivity index (χ2n) is 5.54. The van der Waals surface area contributed by atoms with Crippen molar-refractivity contribution < 1.29 is 27.9 Å². The molecule has 0 unspecified atom stereocenters. The van der Waals surface area contributed by atoms with Gasteiger partial charge in [0, 0.05) is 18.7 Å². The summed E-state index contributed by atoms with van der Waals surface area (Å²) >= 11 is 0. The molecule has 1 aliphatic rings. The predicted octanol–water partition coefficient (Wildman–Crippen LogP) is 0.223. The molecule has 0 fully saturated rings. The maximum atomic E-state index is 12.4. The van der Waals surface area contributed by atoms with Gasteiger partial charge in [-0.3, -0.25) is 9.59 Å². The Hall–Kier alpha value is -3.20. The van der Waals surface area contributed by atoms with E-state index in [0.717, 1.165) is 0 Å². The Morgan fingerprint density at radius 1 is 1.08 bits per heavy atom. The molecule has 0 spiro atoms. The Kier molecular flexibility index (Phi) is 4.47. The lowest BCUT2D eigenvalue weighted by Gasteiger charge is -2.15. The zero-order chi connectivity index (χ0) is 18.9. The van der Waals surface area contributed by atoms with E-state index in [2.05, 4.69) is 5.32 Å². The summed E-state index contributed by atoms with van der Waals surface area (Å²) in [6.45, 7) is -0.318. The number of benzene rings is 2. The van der Waals surface area contributed by atoms with Gasteiger partial charge in [-0.05, 0) is 29.8 Å². The van der Waals surface area contributed by atoms with Crippen LogP contribution in [0.4, 0.5) is 5.69 Å². The molecule has 0 radical (unpaired) electrons. The van der Waals surface area contributed by atoms with E-state index in [0.29, 0.717) is 4.31 Å². The normalized spacial score (nSPS) is 14.8. The summed E-state index contributed by atoms with van der Waals surface area (Å²) in [4.78, 5) is 35.0. The Morgan fingerprint density at radius 2 is 1.81 bits per heavy atom. The average Bonchev–Trinajstić information content (AvgIpc) is 2.80. The molecular weight excluding hydrogens is 360 g/mol. The number of amides is 2. The van der Waals surface area contributed by atoms with E-state index in [4.69, 9.17) is 0 Å². The monoisotopic (exact) mass is 373 g/mol. The highest BCUT2D eigenvalue weighted by Gasteiger charge is 2.40. The van der Waals surface area contributed by atoms with Gasteiger partial charge in [0.05, 0.1) is 11.5 Å². The van der Waals surface area contributed by atoms with E-state index in [-0.39, 0.29) is 34.7 Å². The fourth-order valence-electron chi connectivity index (χ4n) is 2.60. The highest BCUT2D eigenvalue weighted by molar-refractivity contribution is 7.90. The van der Waals surface area contributed by atoms with E-state index in [1.807, 2.05) is 0 Å². The lowest BCUT2D eigenvalue weighted by atomic mass is 10.2. The van der Waals surface area contributed by atoms with E-state index in [9.17, 15) is 27.9 Å². The van der Waals surface area contributed by atoms with E-state index in [1.54, 1.807) is 6.07 Å². The molecule has 26 heavy (non-hydrogen) atoms. The van der Waals surface area contributed by atoms with Crippen molar-refractivity contribution in [2.24, 2.45) is 0 Å².